The maximum atomic E-state index is 12.1. The quantitative estimate of drug-likeness (QED) is 0.710. The molecule has 2 N–H and O–H groups in total. The summed E-state index contributed by atoms with van der Waals surface area (Å²) < 4.78 is 5.42. The van der Waals surface area contributed by atoms with E-state index in [9.17, 15) is 9.59 Å². The summed E-state index contributed by atoms with van der Waals surface area (Å²) in [4.78, 5) is 25.8. The lowest BCUT2D eigenvalue weighted by Gasteiger charge is -2.16. The third-order valence-electron chi connectivity index (χ3n) is 3.99. The Morgan fingerprint density at radius 3 is 2.72 bits per heavy atom. The lowest BCUT2D eigenvalue weighted by molar-refractivity contribution is -0.122. The van der Waals surface area contributed by atoms with Crippen LogP contribution >= 0.6 is 0 Å². The van der Waals surface area contributed by atoms with Crippen molar-refractivity contribution in [2.45, 2.75) is 39.7 Å². The van der Waals surface area contributed by atoms with Crippen LogP contribution in [0.4, 0.5) is 10.5 Å². The van der Waals surface area contributed by atoms with Gasteiger partial charge in [-0.2, -0.15) is 0 Å². The molecule has 1 aromatic carbocycles. The van der Waals surface area contributed by atoms with Gasteiger partial charge in [-0.3, -0.25) is 4.79 Å². The summed E-state index contributed by atoms with van der Waals surface area (Å²) in [5.41, 5.74) is 1.71. The minimum atomic E-state index is -0.0546. The molecule has 0 saturated carbocycles. The molecule has 6 heteroatoms. The van der Waals surface area contributed by atoms with Crippen LogP contribution in [0.15, 0.2) is 24.3 Å². The van der Waals surface area contributed by atoms with Gasteiger partial charge in [0.2, 0.25) is 5.91 Å². The normalized spacial score (nSPS) is 14.0. The highest BCUT2D eigenvalue weighted by Gasteiger charge is 2.17. The second-order valence-electron chi connectivity index (χ2n) is 6.82. The highest BCUT2D eigenvalue weighted by atomic mass is 16.5. The predicted octanol–water partition coefficient (Wildman–Crippen LogP) is 2.99. The fraction of sp³-hybridized carbons (Fsp3) is 0.579. The van der Waals surface area contributed by atoms with Gasteiger partial charge in [-0.05, 0) is 36.5 Å². The van der Waals surface area contributed by atoms with Gasteiger partial charge in [0.1, 0.15) is 0 Å². The molecule has 0 radical (unpaired) electrons. The van der Waals surface area contributed by atoms with E-state index in [1.165, 1.54) is 0 Å². The van der Waals surface area contributed by atoms with E-state index in [1.54, 1.807) is 0 Å². The molecule has 138 valence electrons. The smallest absolute Gasteiger partial charge is 0.321 e. The minimum Gasteiger partial charge on any atom is -0.381 e. The lowest BCUT2D eigenvalue weighted by Crippen LogP contribution is -2.32. The third kappa shape index (κ3) is 7.13. The van der Waals surface area contributed by atoms with Gasteiger partial charge in [0.25, 0.3) is 0 Å². The summed E-state index contributed by atoms with van der Waals surface area (Å²) in [7, 11) is 0. The van der Waals surface area contributed by atoms with Gasteiger partial charge < -0.3 is 20.3 Å². The first kappa shape index (κ1) is 19.2. The lowest BCUT2D eigenvalue weighted by atomic mass is 10.2. The zero-order valence-electron chi connectivity index (χ0n) is 15.2. The van der Waals surface area contributed by atoms with Crippen LogP contribution in [0, 0.1) is 5.92 Å². The number of likely N-dealkylation sites (tertiary alicyclic amines) is 1. The van der Waals surface area contributed by atoms with Crippen molar-refractivity contribution in [1.29, 1.82) is 0 Å². The first-order valence-electron chi connectivity index (χ1n) is 9.04. The Morgan fingerprint density at radius 1 is 1.24 bits per heavy atom. The zero-order valence-corrected chi connectivity index (χ0v) is 15.2. The summed E-state index contributed by atoms with van der Waals surface area (Å²) in [5.74, 6) is 0.442. The number of carbonyl (C=O) groups is 2. The molecule has 0 unspecified atom stereocenters. The average Bonchev–Trinajstić information content (AvgIpc) is 3.12. The number of carbonyl (C=O) groups excluding carboxylic acids is 2. The first-order chi connectivity index (χ1) is 12.0. The van der Waals surface area contributed by atoms with Crippen LogP contribution in [0.2, 0.25) is 0 Å². The topological polar surface area (TPSA) is 70.7 Å². The number of hydrogen-bond acceptors (Lipinski definition) is 3. The summed E-state index contributed by atoms with van der Waals surface area (Å²) in [6.07, 6.45) is 2.50. The summed E-state index contributed by atoms with van der Waals surface area (Å²) in [6, 6.07) is 7.51. The number of hydrogen-bond donors (Lipinski definition) is 2. The molecule has 1 saturated heterocycles. The van der Waals surface area contributed by atoms with Crippen molar-refractivity contribution in [1.82, 2.24) is 10.2 Å². The molecule has 3 amide bonds. The number of anilines is 1. The van der Waals surface area contributed by atoms with Crippen LogP contribution in [0.1, 0.15) is 38.7 Å². The molecule has 1 aliphatic rings. The Labute approximate surface area is 149 Å². The van der Waals surface area contributed by atoms with Gasteiger partial charge in [0, 0.05) is 38.3 Å². The van der Waals surface area contributed by atoms with Crippen LogP contribution in [-0.4, -0.2) is 43.1 Å². The highest BCUT2D eigenvalue weighted by molar-refractivity contribution is 5.89. The van der Waals surface area contributed by atoms with E-state index < -0.39 is 0 Å². The standard InChI is InChI=1S/C19H29N3O3/c1-15(2)14-25-11-8-18(23)20-13-16-6-5-7-17(12-16)21-19(24)22-9-3-4-10-22/h5-7,12,15H,3-4,8-11,13-14H2,1-2H3,(H,20,23)(H,21,24). The second-order valence-corrected chi connectivity index (χ2v) is 6.82. The Morgan fingerprint density at radius 2 is 2.00 bits per heavy atom. The van der Waals surface area contributed by atoms with Crippen LogP contribution < -0.4 is 10.6 Å². The SMILES string of the molecule is CC(C)COCCC(=O)NCc1cccc(NC(=O)N2CCCC2)c1. The average molecular weight is 347 g/mol. The van der Waals surface area contributed by atoms with Crippen LogP contribution in [-0.2, 0) is 16.1 Å². The van der Waals surface area contributed by atoms with Crippen molar-refractivity contribution in [3.63, 3.8) is 0 Å². The van der Waals surface area contributed by atoms with E-state index in [4.69, 9.17) is 4.74 Å². The number of nitrogens with one attached hydrogen (secondary N) is 2. The monoisotopic (exact) mass is 347 g/mol. The van der Waals surface area contributed by atoms with Gasteiger partial charge >= 0.3 is 6.03 Å². The Hall–Kier alpha value is -2.08. The third-order valence-corrected chi connectivity index (χ3v) is 3.99. The fourth-order valence-corrected chi connectivity index (χ4v) is 2.65. The molecule has 0 atom stereocenters. The molecule has 0 bridgehead atoms. The fourth-order valence-electron chi connectivity index (χ4n) is 2.65. The number of rotatable bonds is 8. The molecule has 2 rings (SSSR count). The molecule has 0 aliphatic carbocycles. The van der Waals surface area contributed by atoms with Gasteiger partial charge in [0.05, 0.1) is 6.61 Å². The van der Waals surface area contributed by atoms with Gasteiger partial charge in [-0.1, -0.05) is 26.0 Å². The van der Waals surface area contributed by atoms with Crippen molar-refractivity contribution in [3.05, 3.63) is 29.8 Å². The maximum Gasteiger partial charge on any atom is 0.321 e. The first-order valence-corrected chi connectivity index (χ1v) is 9.04. The van der Waals surface area contributed by atoms with Crippen LogP contribution in [0.5, 0.6) is 0 Å². The largest absolute Gasteiger partial charge is 0.381 e. The van der Waals surface area contributed by atoms with Crippen molar-refractivity contribution in [3.8, 4) is 0 Å². The van der Waals surface area contributed by atoms with E-state index in [-0.39, 0.29) is 11.9 Å². The predicted molar refractivity (Wildman–Crippen MR) is 98.4 cm³/mol. The highest BCUT2D eigenvalue weighted by Crippen LogP contribution is 2.14. The zero-order chi connectivity index (χ0) is 18.1. The van der Waals surface area contributed by atoms with E-state index in [1.807, 2.05) is 29.2 Å². The molecule has 25 heavy (non-hydrogen) atoms. The van der Waals surface area contributed by atoms with E-state index in [2.05, 4.69) is 24.5 Å². The number of ether oxygens (including phenoxy) is 1. The summed E-state index contributed by atoms with van der Waals surface area (Å²) in [5, 5.41) is 5.80. The van der Waals surface area contributed by atoms with E-state index >= 15 is 0 Å². The molecule has 6 nitrogen and oxygen atoms in total. The van der Waals surface area contributed by atoms with Crippen molar-refractivity contribution < 1.29 is 14.3 Å². The molecule has 1 aliphatic heterocycles. The van der Waals surface area contributed by atoms with E-state index in [0.717, 1.165) is 37.2 Å². The molecular formula is C19H29N3O3. The second kappa shape index (κ2) is 10.0. The number of nitrogens with zero attached hydrogens (tertiary/aromatic N) is 1. The molecule has 1 aromatic rings. The summed E-state index contributed by atoms with van der Waals surface area (Å²) in [6.45, 7) is 7.35. The van der Waals surface area contributed by atoms with Gasteiger partial charge in [-0.25, -0.2) is 4.79 Å². The maximum absolute atomic E-state index is 12.1. The number of benzene rings is 1. The van der Waals surface area contributed by atoms with Gasteiger partial charge in [0.15, 0.2) is 0 Å². The molecular weight excluding hydrogens is 318 g/mol. The Kier molecular flexibility index (Phi) is 7.73. The van der Waals surface area contributed by atoms with Gasteiger partial charge in [-0.15, -0.1) is 0 Å². The number of amides is 3. The molecule has 1 heterocycles. The Bertz CT molecular complexity index is 569. The van der Waals surface area contributed by atoms with Crippen LogP contribution in [0.25, 0.3) is 0 Å². The van der Waals surface area contributed by atoms with Crippen LogP contribution in [0.3, 0.4) is 0 Å². The van der Waals surface area contributed by atoms with E-state index in [0.29, 0.717) is 32.1 Å². The van der Waals surface area contributed by atoms with Crippen molar-refractivity contribution in [2.75, 3.05) is 31.6 Å². The molecule has 0 spiro atoms. The van der Waals surface area contributed by atoms with Crippen molar-refractivity contribution >= 4 is 17.6 Å². The molecule has 1 fully saturated rings. The summed E-state index contributed by atoms with van der Waals surface area (Å²) >= 11 is 0. The van der Waals surface area contributed by atoms with Crippen molar-refractivity contribution in [2.24, 2.45) is 5.92 Å². The minimum absolute atomic E-state index is 0.0322. The molecule has 0 aromatic heterocycles. The Balaban J connectivity index is 1.73. The number of urea groups is 1.